The van der Waals surface area contributed by atoms with Gasteiger partial charge in [-0.1, -0.05) is 18.2 Å². The summed E-state index contributed by atoms with van der Waals surface area (Å²) in [5.41, 5.74) is 0.543. The first-order valence-electron chi connectivity index (χ1n) is 7.10. The van der Waals surface area contributed by atoms with Crippen LogP contribution in [0.1, 0.15) is 24.2 Å². The second-order valence-corrected chi connectivity index (χ2v) is 4.88. The molecule has 5 nitrogen and oxygen atoms in total. The molecule has 0 aliphatic carbocycles. The number of ketones is 1. The Bertz CT molecular complexity index is 696. The first kappa shape index (κ1) is 15.8. The quantitative estimate of drug-likeness (QED) is 0.862. The zero-order chi connectivity index (χ0) is 16.1. The van der Waals surface area contributed by atoms with E-state index in [1.54, 1.807) is 33.1 Å². The minimum atomic E-state index is -0.644. The number of ether oxygens (including phenoxy) is 2. The molecule has 1 atom stereocenters. The van der Waals surface area contributed by atoms with Gasteiger partial charge < -0.3 is 14.8 Å². The zero-order valence-corrected chi connectivity index (χ0v) is 12.9. The Labute approximate surface area is 129 Å². The molecule has 0 heterocycles. The molecule has 0 aliphatic rings. The topological polar surface area (TPSA) is 64.6 Å². The number of nitrogens with one attached hydrogen (secondary N) is 1. The third-order valence-electron chi connectivity index (χ3n) is 3.33. The van der Waals surface area contributed by atoms with Gasteiger partial charge in [0.2, 0.25) is 0 Å². The molecular formula is C17H19NO4. The van der Waals surface area contributed by atoms with Gasteiger partial charge in [-0.2, -0.15) is 0 Å². The number of Topliss-reactive ketones (excluding diaryl/α,β-unsaturated/α-hetero) is 1. The van der Waals surface area contributed by atoms with E-state index in [0.29, 0.717) is 5.56 Å². The van der Waals surface area contributed by atoms with Crippen LogP contribution in [0.15, 0.2) is 36.4 Å². The van der Waals surface area contributed by atoms with Crippen LogP contribution in [-0.2, 0) is 4.74 Å². The van der Waals surface area contributed by atoms with Gasteiger partial charge in [0.1, 0.15) is 5.75 Å². The molecular weight excluding hydrogens is 282 g/mol. The number of benzene rings is 2. The van der Waals surface area contributed by atoms with Crippen LogP contribution in [0.2, 0.25) is 0 Å². The molecule has 0 aromatic heterocycles. The molecule has 0 bridgehead atoms. The molecule has 22 heavy (non-hydrogen) atoms. The zero-order valence-electron chi connectivity index (χ0n) is 12.9. The fraction of sp³-hybridized carbons (Fsp3) is 0.294. The van der Waals surface area contributed by atoms with Crippen LogP contribution in [0, 0.1) is 0 Å². The van der Waals surface area contributed by atoms with Crippen molar-refractivity contribution < 1.29 is 19.1 Å². The van der Waals surface area contributed by atoms with Gasteiger partial charge in [-0.25, -0.2) is 4.79 Å². The Balaban J connectivity index is 2.19. The van der Waals surface area contributed by atoms with Crippen LogP contribution in [0.5, 0.6) is 5.75 Å². The van der Waals surface area contributed by atoms with Gasteiger partial charge >= 0.3 is 6.09 Å². The summed E-state index contributed by atoms with van der Waals surface area (Å²) in [4.78, 5) is 23.7. The lowest BCUT2D eigenvalue weighted by atomic mass is 10.0. The van der Waals surface area contributed by atoms with Crippen molar-refractivity contribution in [1.82, 2.24) is 5.32 Å². The highest BCUT2D eigenvalue weighted by atomic mass is 16.5. The summed E-state index contributed by atoms with van der Waals surface area (Å²) in [6.07, 6.45) is -0.589. The average molecular weight is 301 g/mol. The van der Waals surface area contributed by atoms with E-state index in [-0.39, 0.29) is 12.4 Å². The van der Waals surface area contributed by atoms with Crippen molar-refractivity contribution in [3.8, 4) is 5.75 Å². The maximum absolute atomic E-state index is 12.4. The number of methoxy groups -OCH3 is 1. The van der Waals surface area contributed by atoms with E-state index in [0.717, 1.165) is 16.5 Å². The molecule has 0 spiro atoms. The van der Waals surface area contributed by atoms with E-state index in [9.17, 15) is 9.59 Å². The van der Waals surface area contributed by atoms with Gasteiger partial charge in [0.15, 0.2) is 5.78 Å². The minimum Gasteiger partial charge on any atom is -0.497 e. The lowest BCUT2D eigenvalue weighted by molar-refractivity contribution is 0.0933. The molecule has 5 heteroatoms. The summed E-state index contributed by atoms with van der Waals surface area (Å²) in [5.74, 6) is 0.606. The van der Waals surface area contributed by atoms with E-state index in [4.69, 9.17) is 9.47 Å². The number of hydrogen-bond donors (Lipinski definition) is 1. The second-order valence-electron chi connectivity index (χ2n) is 4.88. The van der Waals surface area contributed by atoms with Gasteiger partial charge in [-0.05, 0) is 42.8 Å². The molecule has 1 N–H and O–H groups in total. The van der Waals surface area contributed by atoms with Crippen molar-refractivity contribution in [2.45, 2.75) is 19.9 Å². The predicted octanol–water partition coefficient (Wildman–Crippen LogP) is 3.17. The van der Waals surface area contributed by atoms with E-state index >= 15 is 0 Å². The Kier molecular flexibility index (Phi) is 4.99. The first-order chi connectivity index (χ1) is 10.5. The van der Waals surface area contributed by atoms with E-state index < -0.39 is 12.1 Å². The van der Waals surface area contributed by atoms with Crippen molar-refractivity contribution in [1.29, 1.82) is 0 Å². The molecule has 0 radical (unpaired) electrons. The standard InChI is InChI=1S/C17H19NO4/c1-4-22-17(20)18-11(2)16(19)14-6-5-13-10-15(21-3)8-7-12(13)9-14/h5-11H,4H2,1-3H3,(H,18,20). The van der Waals surface area contributed by atoms with Gasteiger partial charge in [-0.15, -0.1) is 0 Å². The maximum Gasteiger partial charge on any atom is 0.407 e. The smallest absolute Gasteiger partial charge is 0.407 e. The fourth-order valence-corrected chi connectivity index (χ4v) is 2.17. The lowest BCUT2D eigenvalue weighted by Gasteiger charge is -2.13. The van der Waals surface area contributed by atoms with E-state index in [1.807, 2.05) is 24.3 Å². The van der Waals surface area contributed by atoms with Gasteiger partial charge in [0.05, 0.1) is 19.8 Å². The van der Waals surface area contributed by atoms with Crippen LogP contribution in [-0.4, -0.2) is 31.6 Å². The number of fused-ring (bicyclic) bond motifs is 1. The third kappa shape index (κ3) is 3.55. The van der Waals surface area contributed by atoms with E-state index in [1.165, 1.54) is 0 Å². The number of hydrogen-bond acceptors (Lipinski definition) is 4. The first-order valence-corrected chi connectivity index (χ1v) is 7.10. The summed E-state index contributed by atoms with van der Waals surface area (Å²) in [6, 6.07) is 10.4. The van der Waals surface area contributed by atoms with Crippen molar-refractivity contribution in [3.05, 3.63) is 42.0 Å². The van der Waals surface area contributed by atoms with E-state index in [2.05, 4.69) is 5.32 Å². The summed E-state index contributed by atoms with van der Waals surface area (Å²) in [5, 5.41) is 4.44. The van der Waals surface area contributed by atoms with Crippen molar-refractivity contribution >= 4 is 22.6 Å². The molecule has 1 amide bonds. The van der Waals surface area contributed by atoms with Crippen molar-refractivity contribution in [2.75, 3.05) is 13.7 Å². The van der Waals surface area contributed by atoms with Crippen molar-refractivity contribution in [2.24, 2.45) is 0 Å². The van der Waals surface area contributed by atoms with Gasteiger partial charge in [-0.3, -0.25) is 4.79 Å². The fourth-order valence-electron chi connectivity index (χ4n) is 2.17. The summed E-state index contributed by atoms with van der Waals surface area (Å²) >= 11 is 0. The summed E-state index contributed by atoms with van der Waals surface area (Å²) < 4.78 is 9.95. The number of carbonyl (C=O) groups excluding carboxylic acids is 2. The normalized spacial score (nSPS) is 11.8. The van der Waals surface area contributed by atoms with Crippen LogP contribution in [0.3, 0.4) is 0 Å². The number of rotatable bonds is 5. The van der Waals surface area contributed by atoms with Crippen molar-refractivity contribution in [3.63, 3.8) is 0 Å². The molecule has 2 aromatic carbocycles. The van der Waals surface area contributed by atoms with Crippen LogP contribution >= 0.6 is 0 Å². The molecule has 116 valence electrons. The molecule has 0 saturated carbocycles. The predicted molar refractivity (Wildman–Crippen MR) is 84.5 cm³/mol. The maximum atomic E-state index is 12.4. The largest absolute Gasteiger partial charge is 0.497 e. The Morgan fingerprint density at radius 3 is 2.50 bits per heavy atom. The van der Waals surface area contributed by atoms with Crippen LogP contribution in [0.4, 0.5) is 4.79 Å². The Morgan fingerprint density at radius 1 is 1.14 bits per heavy atom. The Morgan fingerprint density at radius 2 is 1.82 bits per heavy atom. The molecule has 1 unspecified atom stereocenters. The number of amides is 1. The Hall–Kier alpha value is -2.56. The molecule has 0 aliphatic heterocycles. The van der Waals surface area contributed by atoms with Crippen LogP contribution < -0.4 is 10.1 Å². The van der Waals surface area contributed by atoms with Gasteiger partial charge in [0.25, 0.3) is 0 Å². The molecule has 2 aromatic rings. The second kappa shape index (κ2) is 6.93. The highest BCUT2D eigenvalue weighted by Crippen LogP contribution is 2.22. The SMILES string of the molecule is CCOC(=O)NC(C)C(=O)c1ccc2cc(OC)ccc2c1. The molecule has 2 rings (SSSR count). The summed E-state index contributed by atoms with van der Waals surface area (Å²) in [6.45, 7) is 3.62. The summed E-state index contributed by atoms with van der Waals surface area (Å²) in [7, 11) is 1.61. The molecule has 0 fully saturated rings. The lowest BCUT2D eigenvalue weighted by Crippen LogP contribution is -2.38. The third-order valence-corrected chi connectivity index (χ3v) is 3.33. The number of alkyl carbamates (subject to hydrolysis) is 1. The minimum absolute atomic E-state index is 0.161. The highest BCUT2D eigenvalue weighted by Gasteiger charge is 2.18. The van der Waals surface area contributed by atoms with Crippen LogP contribution in [0.25, 0.3) is 10.8 Å². The highest BCUT2D eigenvalue weighted by molar-refractivity contribution is 6.04. The monoisotopic (exact) mass is 301 g/mol. The average Bonchev–Trinajstić information content (AvgIpc) is 2.53. The van der Waals surface area contributed by atoms with Gasteiger partial charge in [0, 0.05) is 5.56 Å². The number of carbonyl (C=O) groups is 2. The molecule has 0 saturated heterocycles.